The van der Waals surface area contributed by atoms with Crippen LogP contribution in [0, 0.1) is 12.8 Å². The topological polar surface area (TPSA) is 105 Å². The third-order valence-corrected chi connectivity index (χ3v) is 4.84. The van der Waals surface area contributed by atoms with Crippen molar-refractivity contribution in [2.75, 3.05) is 18.5 Å². The quantitative estimate of drug-likeness (QED) is 0.736. The number of rotatable bonds is 5. The van der Waals surface area contributed by atoms with Crippen LogP contribution in [0.5, 0.6) is 0 Å². The zero-order valence-electron chi connectivity index (χ0n) is 16.8. The fraction of sp³-hybridized carbons (Fsp3) is 0.273. The monoisotopic (exact) mass is 409 g/mol. The number of benzene rings is 2. The lowest BCUT2D eigenvalue weighted by Crippen LogP contribution is -2.41. The van der Waals surface area contributed by atoms with Gasteiger partial charge >= 0.3 is 12.0 Å². The largest absolute Gasteiger partial charge is 0.447 e. The number of ether oxygens (including phenoxy) is 1. The highest BCUT2D eigenvalue weighted by atomic mass is 16.5. The van der Waals surface area contributed by atoms with Crippen molar-refractivity contribution in [3.63, 3.8) is 0 Å². The number of nitrogens with zero attached hydrogens (tertiary/aromatic N) is 1. The molecule has 2 N–H and O–H groups in total. The van der Waals surface area contributed by atoms with Crippen molar-refractivity contribution in [3.8, 4) is 0 Å². The van der Waals surface area contributed by atoms with Gasteiger partial charge in [-0.25, -0.2) is 4.79 Å². The van der Waals surface area contributed by atoms with E-state index in [0.29, 0.717) is 11.3 Å². The summed E-state index contributed by atoms with van der Waals surface area (Å²) in [5.41, 5.74) is 2.19. The van der Waals surface area contributed by atoms with Crippen molar-refractivity contribution in [1.82, 2.24) is 10.6 Å². The number of carbonyl (C=O) groups is 4. The van der Waals surface area contributed by atoms with Crippen LogP contribution >= 0.6 is 0 Å². The Bertz CT molecular complexity index is 943. The van der Waals surface area contributed by atoms with Crippen LogP contribution in [0.2, 0.25) is 0 Å². The van der Waals surface area contributed by atoms with Crippen LogP contribution in [-0.2, 0) is 19.1 Å². The Hall–Kier alpha value is -3.68. The summed E-state index contributed by atoms with van der Waals surface area (Å²) in [7, 11) is 1.37. The van der Waals surface area contributed by atoms with Gasteiger partial charge in [-0.1, -0.05) is 48.0 Å². The van der Waals surface area contributed by atoms with Crippen LogP contribution in [0.1, 0.15) is 23.7 Å². The molecule has 1 aliphatic rings. The lowest BCUT2D eigenvalue weighted by Gasteiger charge is -2.20. The SMILES string of the molecule is CNC(=O)NC(=O)[C@@H](OC(=O)[C@H]1CC(=O)N(c2ccc(C)cc2)C1)c1ccccc1. The molecule has 2 atom stereocenters. The Kier molecular flexibility index (Phi) is 6.46. The van der Waals surface area contributed by atoms with Gasteiger partial charge in [-0.15, -0.1) is 0 Å². The summed E-state index contributed by atoms with van der Waals surface area (Å²) in [5, 5.41) is 4.41. The third kappa shape index (κ3) is 4.83. The molecule has 2 aromatic carbocycles. The predicted molar refractivity (Wildman–Crippen MR) is 110 cm³/mol. The maximum Gasteiger partial charge on any atom is 0.321 e. The first-order chi connectivity index (χ1) is 14.4. The van der Waals surface area contributed by atoms with E-state index in [-0.39, 0.29) is 18.9 Å². The Balaban J connectivity index is 1.74. The van der Waals surface area contributed by atoms with Gasteiger partial charge in [0.2, 0.25) is 12.0 Å². The van der Waals surface area contributed by atoms with Gasteiger partial charge in [0.1, 0.15) is 0 Å². The molecule has 1 saturated heterocycles. The maximum absolute atomic E-state index is 12.8. The number of amides is 4. The number of anilines is 1. The van der Waals surface area contributed by atoms with E-state index in [1.807, 2.05) is 31.2 Å². The molecule has 1 aliphatic heterocycles. The Morgan fingerprint density at radius 2 is 1.73 bits per heavy atom. The first kappa shape index (κ1) is 21.0. The van der Waals surface area contributed by atoms with E-state index in [1.165, 1.54) is 11.9 Å². The molecule has 4 amide bonds. The van der Waals surface area contributed by atoms with E-state index in [1.54, 1.807) is 30.3 Å². The van der Waals surface area contributed by atoms with Crippen molar-refractivity contribution in [1.29, 1.82) is 0 Å². The van der Waals surface area contributed by atoms with Gasteiger partial charge in [0, 0.05) is 31.3 Å². The standard InChI is InChI=1S/C22H23N3O5/c1-14-8-10-17(11-9-14)25-13-16(12-18(25)26)21(28)30-19(15-6-4-3-5-7-15)20(27)24-22(29)23-2/h3-11,16,19H,12-13H2,1-2H3,(H2,23,24,27,29)/t16-,19-/m0/s1. The van der Waals surface area contributed by atoms with Crippen molar-refractivity contribution in [2.24, 2.45) is 5.92 Å². The third-order valence-electron chi connectivity index (χ3n) is 4.84. The molecular weight excluding hydrogens is 386 g/mol. The van der Waals surface area contributed by atoms with E-state index in [0.717, 1.165) is 5.56 Å². The maximum atomic E-state index is 12.8. The number of esters is 1. The summed E-state index contributed by atoms with van der Waals surface area (Å²) >= 11 is 0. The second kappa shape index (κ2) is 9.21. The van der Waals surface area contributed by atoms with Gasteiger partial charge < -0.3 is 15.0 Å². The zero-order valence-corrected chi connectivity index (χ0v) is 16.8. The molecule has 156 valence electrons. The lowest BCUT2D eigenvalue weighted by molar-refractivity contribution is -0.159. The van der Waals surface area contributed by atoms with Crippen molar-refractivity contribution in [3.05, 3.63) is 65.7 Å². The predicted octanol–water partition coefficient (Wildman–Crippen LogP) is 2.09. The number of urea groups is 1. The molecule has 1 fully saturated rings. The highest BCUT2D eigenvalue weighted by molar-refractivity contribution is 6.01. The normalized spacial score (nSPS) is 16.7. The number of imide groups is 1. The fourth-order valence-electron chi connectivity index (χ4n) is 3.19. The molecule has 0 unspecified atom stereocenters. The highest BCUT2D eigenvalue weighted by Crippen LogP contribution is 2.28. The number of carbonyl (C=O) groups excluding carboxylic acids is 4. The number of hydrogen-bond acceptors (Lipinski definition) is 5. The minimum atomic E-state index is -1.31. The second-order valence-corrected chi connectivity index (χ2v) is 7.04. The van der Waals surface area contributed by atoms with Crippen LogP contribution < -0.4 is 15.5 Å². The van der Waals surface area contributed by atoms with Crippen molar-refractivity contribution in [2.45, 2.75) is 19.4 Å². The molecule has 30 heavy (non-hydrogen) atoms. The average Bonchev–Trinajstić information content (AvgIpc) is 3.14. The zero-order chi connectivity index (χ0) is 21.7. The Morgan fingerprint density at radius 1 is 1.07 bits per heavy atom. The molecule has 3 rings (SSSR count). The van der Waals surface area contributed by atoms with Gasteiger partial charge in [-0.3, -0.25) is 19.7 Å². The summed E-state index contributed by atoms with van der Waals surface area (Å²) in [5.74, 6) is -2.34. The highest BCUT2D eigenvalue weighted by Gasteiger charge is 2.38. The molecule has 0 aromatic heterocycles. The Labute approximate surface area is 174 Å². The summed E-state index contributed by atoms with van der Waals surface area (Å²) in [6.45, 7) is 2.11. The molecule has 0 saturated carbocycles. The molecule has 0 bridgehead atoms. The molecule has 1 heterocycles. The van der Waals surface area contributed by atoms with E-state index >= 15 is 0 Å². The smallest absolute Gasteiger partial charge is 0.321 e. The molecule has 2 aromatic rings. The summed E-state index contributed by atoms with van der Waals surface area (Å²) in [6.07, 6.45) is -1.31. The molecule has 0 spiro atoms. The van der Waals surface area contributed by atoms with Crippen LogP contribution in [0.4, 0.5) is 10.5 Å². The molecule has 0 aliphatic carbocycles. The van der Waals surface area contributed by atoms with Crippen LogP contribution in [0.3, 0.4) is 0 Å². The number of aryl methyl sites for hydroxylation is 1. The van der Waals surface area contributed by atoms with Crippen LogP contribution in [-0.4, -0.2) is 37.4 Å². The van der Waals surface area contributed by atoms with Gasteiger partial charge in [-0.2, -0.15) is 0 Å². The molecule has 8 heteroatoms. The molecular formula is C22H23N3O5. The van der Waals surface area contributed by atoms with Gasteiger partial charge in [0.05, 0.1) is 5.92 Å². The minimum absolute atomic E-state index is 0.00865. The average molecular weight is 409 g/mol. The van der Waals surface area contributed by atoms with Crippen molar-refractivity contribution >= 4 is 29.5 Å². The van der Waals surface area contributed by atoms with E-state index in [9.17, 15) is 19.2 Å². The van der Waals surface area contributed by atoms with Crippen molar-refractivity contribution < 1.29 is 23.9 Å². The summed E-state index contributed by atoms with van der Waals surface area (Å²) < 4.78 is 5.47. The van der Waals surface area contributed by atoms with Gasteiger partial charge in [-0.05, 0) is 19.1 Å². The van der Waals surface area contributed by atoms with E-state index in [2.05, 4.69) is 10.6 Å². The molecule has 0 radical (unpaired) electrons. The number of nitrogens with one attached hydrogen (secondary N) is 2. The van der Waals surface area contributed by atoms with E-state index < -0.39 is 29.9 Å². The lowest BCUT2D eigenvalue weighted by atomic mass is 10.1. The van der Waals surface area contributed by atoms with Crippen LogP contribution in [0.25, 0.3) is 0 Å². The first-order valence-electron chi connectivity index (χ1n) is 9.54. The van der Waals surface area contributed by atoms with Gasteiger partial charge in [0.15, 0.2) is 0 Å². The number of hydrogen-bond donors (Lipinski definition) is 2. The van der Waals surface area contributed by atoms with Crippen LogP contribution in [0.15, 0.2) is 54.6 Å². The summed E-state index contributed by atoms with van der Waals surface area (Å²) in [6, 6.07) is 15.1. The fourth-order valence-corrected chi connectivity index (χ4v) is 3.19. The first-order valence-corrected chi connectivity index (χ1v) is 9.54. The Morgan fingerprint density at radius 3 is 2.37 bits per heavy atom. The summed E-state index contributed by atoms with van der Waals surface area (Å²) in [4.78, 5) is 50.8. The minimum Gasteiger partial charge on any atom is -0.447 e. The van der Waals surface area contributed by atoms with E-state index in [4.69, 9.17) is 4.74 Å². The molecule has 8 nitrogen and oxygen atoms in total. The second-order valence-electron chi connectivity index (χ2n) is 7.04. The van der Waals surface area contributed by atoms with Gasteiger partial charge in [0.25, 0.3) is 5.91 Å².